The van der Waals surface area contributed by atoms with Gasteiger partial charge in [0.1, 0.15) is 11.6 Å². The van der Waals surface area contributed by atoms with Gasteiger partial charge in [0.25, 0.3) is 5.91 Å². The Balaban J connectivity index is 1.49. The van der Waals surface area contributed by atoms with Crippen LogP contribution in [0.3, 0.4) is 0 Å². The predicted octanol–water partition coefficient (Wildman–Crippen LogP) is 4.28. The lowest BCUT2D eigenvalue weighted by Crippen LogP contribution is -2.62. The zero-order valence-corrected chi connectivity index (χ0v) is 18.3. The van der Waals surface area contributed by atoms with Crippen molar-refractivity contribution in [3.63, 3.8) is 0 Å². The van der Waals surface area contributed by atoms with Crippen molar-refractivity contribution in [2.75, 3.05) is 7.11 Å². The van der Waals surface area contributed by atoms with Crippen LogP contribution in [0.25, 0.3) is 22.4 Å². The van der Waals surface area contributed by atoms with E-state index in [-0.39, 0.29) is 23.0 Å². The Hall–Kier alpha value is -2.86. The number of hydrogen-bond acceptors (Lipinski definition) is 4. The molecule has 1 fully saturated rings. The Kier molecular flexibility index (Phi) is 5.06. The molecule has 3 N–H and O–H groups in total. The lowest BCUT2D eigenvalue weighted by molar-refractivity contribution is 0.0873. The van der Waals surface area contributed by atoms with Gasteiger partial charge in [0, 0.05) is 34.3 Å². The summed E-state index contributed by atoms with van der Waals surface area (Å²) in [6.45, 7) is 8.74. The molecule has 0 spiro atoms. The maximum atomic E-state index is 12.8. The minimum atomic E-state index is -0.0330. The molecule has 1 amide bonds. The quantitative estimate of drug-likeness (QED) is 0.604. The number of aromatic amines is 1. The number of nitrogens with one attached hydrogen (secondary N) is 3. The van der Waals surface area contributed by atoms with E-state index in [4.69, 9.17) is 4.74 Å². The zero-order chi connectivity index (χ0) is 21.5. The number of benzene rings is 2. The normalized spacial score (nSPS) is 18.3. The largest absolute Gasteiger partial charge is 0.497 e. The van der Waals surface area contributed by atoms with Gasteiger partial charge in [-0.2, -0.15) is 0 Å². The number of nitrogens with zero attached hydrogens (tertiary/aromatic N) is 1. The van der Waals surface area contributed by atoms with Gasteiger partial charge in [-0.05, 0) is 64.8 Å². The molecule has 0 saturated carbocycles. The molecule has 2 heterocycles. The monoisotopic (exact) mass is 406 g/mol. The summed E-state index contributed by atoms with van der Waals surface area (Å²) >= 11 is 0. The van der Waals surface area contributed by atoms with Gasteiger partial charge in [0.15, 0.2) is 0 Å². The lowest BCUT2D eigenvalue weighted by atomic mass is 9.79. The standard InChI is InChI=1S/C24H30N4O2/c1-23(2)13-17(14-24(3,4)28-23)25-22(29)16-8-6-15(7-9-16)21-26-19-11-10-18(30-5)12-20(19)27-21/h6-12,17,28H,13-14H2,1-5H3,(H,25,29)(H,26,27). The van der Waals surface area contributed by atoms with E-state index in [0.717, 1.165) is 41.0 Å². The van der Waals surface area contributed by atoms with Crippen molar-refractivity contribution in [3.8, 4) is 17.1 Å². The first-order valence-electron chi connectivity index (χ1n) is 10.4. The van der Waals surface area contributed by atoms with Gasteiger partial charge in [-0.25, -0.2) is 4.98 Å². The number of imidazole rings is 1. The van der Waals surface area contributed by atoms with Crippen molar-refractivity contribution >= 4 is 16.9 Å². The minimum absolute atomic E-state index is 0.00642. The molecule has 0 unspecified atom stereocenters. The number of piperidine rings is 1. The summed E-state index contributed by atoms with van der Waals surface area (Å²) in [4.78, 5) is 20.8. The van der Waals surface area contributed by atoms with Crippen molar-refractivity contribution in [2.24, 2.45) is 0 Å². The lowest BCUT2D eigenvalue weighted by Gasteiger charge is -2.46. The van der Waals surface area contributed by atoms with Gasteiger partial charge in [0.05, 0.1) is 18.1 Å². The number of carbonyl (C=O) groups is 1. The molecule has 0 aliphatic carbocycles. The Morgan fingerprint density at radius 1 is 1.07 bits per heavy atom. The molecule has 1 saturated heterocycles. The molecule has 4 rings (SSSR count). The fraction of sp³-hybridized carbons (Fsp3) is 0.417. The van der Waals surface area contributed by atoms with Gasteiger partial charge in [0.2, 0.25) is 0 Å². The minimum Gasteiger partial charge on any atom is -0.497 e. The summed E-state index contributed by atoms with van der Waals surface area (Å²) in [5, 5.41) is 6.87. The summed E-state index contributed by atoms with van der Waals surface area (Å²) in [7, 11) is 1.65. The molecule has 0 atom stereocenters. The fourth-order valence-electron chi connectivity index (χ4n) is 4.72. The molecule has 2 aromatic carbocycles. The van der Waals surface area contributed by atoms with E-state index < -0.39 is 0 Å². The third-order valence-electron chi connectivity index (χ3n) is 5.63. The highest BCUT2D eigenvalue weighted by molar-refractivity contribution is 5.95. The highest BCUT2D eigenvalue weighted by atomic mass is 16.5. The number of carbonyl (C=O) groups excluding carboxylic acids is 1. The van der Waals surface area contributed by atoms with E-state index in [0.29, 0.717) is 5.56 Å². The molecular weight excluding hydrogens is 376 g/mol. The van der Waals surface area contributed by atoms with Crippen LogP contribution in [0.1, 0.15) is 50.9 Å². The second kappa shape index (κ2) is 7.43. The summed E-state index contributed by atoms with van der Waals surface area (Å²) in [5.74, 6) is 1.52. The second-order valence-electron chi connectivity index (χ2n) is 9.52. The molecule has 6 heteroatoms. The molecular formula is C24H30N4O2. The number of hydrogen-bond donors (Lipinski definition) is 3. The third kappa shape index (κ3) is 4.33. The van der Waals surface area contributed by atoms with Crippen LogP contribution in [0.15, 0.2) is 42.5 Å². The van der Waals surface area contributed by atoms with E-state index in [2.05, 4.69) is 48.3 Å². The summed E-state index contributed by atoms with van der Waals surface area (Å²) in [5.41, 5.74) is 3.38. The highest BCUT2D eigenvalue weighted by Crippen LogP contribution is 2.29. The maximum absolute atomic E-state index is 12.8. The first kappa shape index (κ1) is 20.4. The van der Waals surface area contributed by atoms with E-state index in [1.807, 2.05) is 42.5 Å². The molecule has 1 aliphatic heterocycles. The number of fused-ring (bicyclic) bond motifs is 1. The highest BCUT2D eigenvalue weighted by Gasteiger charge is 2.38. The van der Waals surface area contributed by atoms with E-state index >= 15 is 0 Å². The van der Waals surface area contributed by atoms with E-state index in [1.165, 1.54) is 0 Å². The van der Waals surface area contributed by atoms with Crippen molar-refractivity contribution in [1.82, 2.24) is 20.6 Å². The molecule has 3 aromatic rings. The molecule has 6 nitrogen and oxygen atoms in total. The molecule has 1 aromatic heterocycles. The van der Waals surface area contributed by atoms with Crippen LogP contribution in [0, 0.1) is 0 Å². The van der Waals surface area contributed by atoms with Gasteiger partial charge in [-0.3, -0.25) is 4.79 Å². The molecule has 0 radical (unpaired) electrons. The SMILES string of the molecule is COc1ccc2nc(-c3ccc(C(=O)NC4CC(C)(C)NC(C)(C)C4)cc3)[nH]c2c1. The van der Waals surface area contributed by atoms with Crippen LogP contribution in [-0.4, -0.2) is 40.1 Å². The van der Waals surface area contributed by atoms with Crippen LogP contribution < -0.4 is 15.4 Å². The summed E-state index contributed by atoms with van der Waals surface area (Å²) in [6, 6.07) is 13.5. The predicted molar refractivity (Wildman–Crippen MR) is 120 cm³/mol. The molecule has 30 heavy (non-hydrogen) atoms. The summed E-state index contributed by atoms with van der Waals surface area (Å²) in [6.07, 6.45) is 1.81. The topological polar surface area (TPSA) is 79.0 Å². The average molecular weight is 407 g/mol. The van der Waals surface area contributed by atoms with Crippen molar-refractivity contribution in [1.29, 1.82) is 0 Å². The Morgan fingerprint density at radius 3 is 2.37 bits per heavy atom. The molecule has 1 aliphatic rings. The van der Waals surface area contributed by atoms with Crippen molar-refractivity contribution in [2.45, 2.75) is 57.7 Å². The van der Waals surface area contributed by atoms with Crippen LogP contribution in [0.2, 0.25) is 0 Å². The number of ether oxygens (including phenoxy) is 1. The van der Waals surface area contributed by atoms with Crippen LogP contribution in [0.5, 0.6) is 5.75 Å². The maximum Gasteiger partial charge on any atom is 0.251 e. The zero-order valence-electron chi connectivity index (χ0n) is 18.3. The number of rotatable bonds is 4. The van der Waals surface area contributed by atoms with Gasteiger partial charge in [-0.15, -0.1) is 0 Å². The number of methoxy groups -OCH3 is 1. The van der Waals surface area contributed by atoms with Crippen molar-refractivity contribution < 1.29 is 9.53 Å². The first-order valence-corrected chi connectivity index (χ1v) is 10.4. The number of amides is 1. The Labute approximate surface area is 177 Å². The number of aromatic nitrogens is 2. The molecule has 158 valence electrons. The van der Waals surface area contributed by atoms with E-state index in [9.17, 15) is 4.79 Å². The second-order valence-corrected chi connectivity index (χ2v) is 9.52. The van der Waals surface area contributed by atoms with Gasteiger partial charge >= 0.3 is 0 Å². The Bertz CT molecular complexity index is 1050. The van der Waals surface area contributed by atoms with Crippen LogP contribution in [0.4, 0.5) is 0 Å². The van der Waals surface area contributed by atoms with E-state index in [1.54, 1.807) is 7.11 Å². The Morgan fingerprint density at radius 2 is 1.73 bits per heavy atom. The number of H-pyrrole nitrogens is 1. The van der Waals surface area contributed by atoms with Crippen LogP contribution in [-0.2, 0) is 0 Å². The van der Waals surface area contributed by atoms with Crippen LogP contribution >= 0.6 is 0 Å². The van der Waals surface area contributed by atoms with Crippen molar-refractivity contribution in [3.05, 3.63) is 48.0 Å². The third-order valence-corrected chi connectivity index (χ3v) is 5.63. The molecule has 0 bridgehead atoms. The fourth-order valence-corrected chi connectivity index (χ4v) is 4.72. The van der Waals surface area contributed by atoms with Gasteiger partial charge < -0.3 is 20.4 Å². The average Bonchev–Trinajstić information content (AvgIpc) is 3.08. The van der Waals surface area contributed by atoms with Gasteiger partial charge in [-0.1, -0.05) is 12.1 Å². The summed E-state index contributed by atoms with van der Waals surface area (Å²) < 4.78 is 5.27. The smallest absolute Gasteiger partial charge is 0.251 e. The first-order chi connectivity index (χ1) is 14.1.